The van der Waals surface area contributed by atoms with E-state index in [-0.39, 0.29) is 6.54 Å². The summed E-state index contributed by atoms with van der Waals surface area (Å²) in [6.07, 6.45) is 7.89. The lowest BCUT2D eigenvalue weighted by Gasteiger charge is -2.13. The highest BCUT2D eigenvalue weighted by molar-refractivity contribution is 5.68. The van der Waals surface area contributed by atoms with E-state index in [1.165, 1.54) is 38.5 Å². The highest BCUT2D eigenvalue weighted by atomic mass is 16.4. The van der Waals surface area contributed by atoms with Crippen molar-refractivity contribution in [2.24, 2.45) is 5.92 Å². The zero-order chi connectivity index (χ0) is 9.52. The monoisotopic (exact) mass is 185 g/mol. The topological polar surface area (TPSA) is 49.3 Å². The second-order valence-electron chi connectivity index (χ2n) is 3.88. The molecule has 0 spiro atoms. The normalized spacial score (nSPS) is 19.7. The van der Waals surface area contributed by atoms with Crippen molar-refractivity contribution in [3.63, 3.8) is 0 Å². The third-order valence-corrected chi connectivity index (χ3v) is 2.68. The molecule has 1 aliphatic carbocycles. The van der Waals surface area contributed by atoms with Crippen LogP contribution in [0.25, 0.3) is 0 Å². The zero-order valence-corrected chi connectivity index (χ0v) is 8.09. The minimum atomic E-state index is -0.756. The maximum atomic E-state index is 10.2. The van der Waals surface area contributed by atoms with Gasteiger partial charge in [-0.15, -0.1) is 0 Å². The van der Waals surface area contributed by atoms with Crippen molar-refractivity contribution in [1.82, 2.24) is 5.32 Å². The minimum Gasteiger partial charge on any atom is -0.480 e. The predicted molar refractivity (Wildman–Crippen MR) is 51.7 cm³/mol. The van der Waals surface area contributed by atoms with E-state index in [0.29, 0.717) is 5.92 Å². The van der Waals surface area contributed by atoms with Gasteiger partial charge in [0.15, 0.2) is 0 Å². The fraction of sp³-hybridized carbons (Fsp3) is 0.900. The van der Waals surface area contributed by atoms with Crippen LogP contribution in [0, 0.1) is 5.92 Å². The van der Waals surface area contributed by atoms with E-state index in [9.17, 15) is 4.79 Å². The number of hydrogen-bond donors (Lipinski definition) is 2. The van der Waals surface area contributed by atoms with Gasteiger partial charge in [-0.1, -0.05) is 25.7 Å². The number of carboxylic acids is 1. The zero-order valence-electron chi connectivity index (χ0n) is 8.09. The molecule has 0 unspecified atom stereocenters. The highest BCUT2D eigenvalue weighted by Crippen LogP contribution is 2.21. The van der Waals surface area contributed by atoms with Gasteiger partial charge in [0.1, 0.15) is 0 Å². The van der Waals surface area contributed by atoms with Crippen molar-refractivity contribution in [1.29, 1.82) is 0 Å². The second kappa shape index (κ2) is 5.97. The van der Waals surface area contributed by atoms with Gasteiger partial charge >= 0.3 is 5.97 Å². The van der Waals surface area contributed by atoms with Gasteiger partial charge in [-0.2, -0.15) is 0 Å². The average Bonchev–Trinajstić information content (AvgIpc) is 2.32. The first-order valence-corrected chi connectivity index (χ1v) is 5.21. The van der Waals surface area contributed by atoms with Crippen molar-refractivity contribution in [2.45, 2.75) is 38.5 Å². The van der Waals surface area contributed by atoms with Crippen LogP contribution in [0.4, 0.5) is 0 Å². The van der Waals surface area contributed by atoms with Crippen LogP contribution >= 0.6 is 0 Å². The fourth-order valence-electron chi connectivity index (χ4n) is 1.95. The second-order valence-corrected chi connectivity index (χ2v) is 3.88. The summed E-state index contributed by atoms with van der Waals surface area (Å²) in [5, 5.41) is 11.4. The van der Waals surface area contributed by atoms with Crippen LogP contribution in [-0.2, 0) is 4.79 Å². The molecule has 1 aliphatic rings. The third kappa shape index (κ3) is 4.88. The molecule has 0 radical (unpaired) electrons. The van der Waals surface area contributed by atoms with Crippen molar-refractivity contribution in [2.75, 3.05) is 13.1 Å². The SMILES string of the molecule is O=C(O)CNCC1CCCCCC1. The van der Waals surface area contributed by atoms with Crippen molar-refractivity contribution < 1.29 is 9.90 Å². The Balaban J connectivity index is 2.08. The van der Waals surface area contributed by atoms with Crippen LogP contribution in [0.1, 0.15) is 38.5 Å². The number of rotatable bonds is 4. The van der Waals surface area contributed by atoms with Crippen LogP contribution in [0.2, 0.25) is 0 Å². The first kappa shape index (κ1) is 10.5. The van der Waals surface area contributed by atoms with Crippen molar-refractivity contribution in [3.8, 4) is 0 Å². The summed E-state index contributed by atoms with van der Waals surface area (Å²) < 4.78 is 0. The van der Waals surface area contributed by atoms with E-state index >= 15 is 0 Å². The summed E-state index contributed by atoms with van der Waals surface area (Å²) in [5.41, 5.74) is 0. The molecule has 0 atom stereocenters. The smallest absolute Gasteiger partial charge is 0.317 e. The Morgan fingerprint density at radius 2 is 1.85 bits per heavy atom. The lowest BCUT2D eigenvalue weighted by atomic mass is 10.0. The molecule has 1 saturated carbocycles. The molecule has 0 aromatic rings. The lowest BCUT2D eigenvalue weighted by Crippen LogP contribution is -2.28. The van der Waals surface area contributed by atoms with E-state index in [0.717, 1.165) is 6.54 Å². The first-order valence-electron chi connectivity index (χ1n) is 5.21. The van der Waals surface area contributed by atoms with Gasteiger partial charge in [0.2, 0.25) is 0 Å². The van der Waals surface area contributed by atoms with Crippen LogP contribution < -0.4 is 5.32 Å². The molecule has 76 valence electrons. The standard InChI is InChI=1S/C10H19NO2/c12-10(13)8-11-7-9-5-3-1-2-4-6-9/h9,11H,1-8H2,(H,12,13). The first-order chi connectivity index (χ1) is 6.29. The quantitative estimate of drug-likeness (QED) is 0.654. The molecule has 0 bridgehead atoms. The number of nitrogens with one attached hydrogen (secondary N) is 1. The third-order valence-electron chi connectivity index (χ3n) is 2.68. The lowest BCUT2D eigenvalue weighted by molar-refractivity contribution is -0.136. The minimum absolute atomic E-state index is 0.108. The maximum Gasteiger partial charge on any atom is 0.317 e. The average molecular weight is 185 g/mol. The summed E-state index contributed by atoms with van der Waals surface area (Å²) in [4.78, 5) is 10.2. The van der Waals surface area contributed by atoms with Gasteiger partial charge in [-0.3, -0.25) is 4.79 Å². The van der Waals surface area contributed by atoms with E-state index in [2.05, 4.69) is 5.32 Å². The van der Waals surface area contributed by atoms with Crippen LogP contribution in [0.15, 0.2) is 0 Å². The Morgan fingerprint density at radius 3 is 2.38 bits per heavy atom. The largest absolute Gasteiger partial charge is 0.480 e. The van der Waals surface area contributed by atoms with E-state index in [4.69, 9.17) is 5.11 Å². The maximum absolute atomic E-state index is 10.2. The molecule has 2 N–H and O–H groups in total. The predicted octanol–water partition coefficient (Wildman–Crippen LogP) is 1.63. The molecule has 0 saturated heterocycles. The Bertz CT molecular complexity index is 151. The number of carbonyl (C=O) groups is 1. The molecule has 1 rings (SSSR count). The fourth-order valence-corrected chi connectivity index (χ4v) is 1.95. The highest BCUT2D eigenvalue weighted by Gasteiger charge is 2.11. The molecular weight excluding hydrogens is 166 g/mol. The molecule has 0 aliphatic heterocycles. The number of aliphatic carboxylic acids is 1. The Labute approximate surface area is 79.5 Å². The molecule has 0 heterocycles. The molecule has 1 fully saturated rings. The Morgan fingerprint density at radius 1 is 1.23 bits per heavy atom. The van der Waals surface area contributed by atoms with Gasteiger partial charge in [-0.05, 0) is 25.3 Å². The summed E-state index contributed by atoms with van der Waals surface area (Å²) in [7, 11) is 0. The number of carboxylic acid groups (broad SMARTS) is 1. The summed E-state index contributed by atoms with van der Waals surface area (Å²) >= 11 is 0. The van der Waals surface area contributed by atoms with Crippen molar-refractivity contribution >= 4 is 5.97 Å². The summed E-state index contributed by atoms with van der Waals surface area (Å²) in [5.74, 6) is -0.0459. The number of hydrogen-bond acceptors (Lipinski definition) is 2. The van der Waals surface area contributed by atoms with Gasteiger partial charge in [0, 0.05) is 0 Å². The van der Waals surface area contributed by atoms with Gasteiger partial charge < -0.3 is 10.4 Å². The molecule has 13 heavy (non-hydrogen) atoms. The van der Waals surface area contributed by atoms with E-state index in [1.807, 2.05) is 0 Å². The molecule has 0 amide bonds. The molecule has 3 nitrogen and oxygen atoms in total. The molecule has 3 heteroatoms. The van der Waals surface area contributed by atoms with E-state index < -0.39 is 5.97 Å². The molecular formula is C10H19NO2. The van der Waals surface area contributed by atoms with Crippen LogP contribution in [-0.4, -0.2) is 24.2 Å². The van der Waals surface area contributed by atoms with Crippen LogP contribution in [0.3, 0.4) is 0 Å². The van der Waals surface area contributed by atoms with Gasteiger partial charge in [-0.25, -0.2) is 0 Å². The molecule has 0 aromatic carbocycles. The van der Waals surface area contributed by atoms with E-state index in [1.54, 1.807) is 0 Å². The van der Waals surface area contributed by atoms with Crippen molar-refractivity contribution in [3.05, 3.63) is 0 Å². The summed E-state index contributed by atoms with van der Waals surface area (Å²) in [6.45, 7) is 0.989. The van der Waals surface area contributed by atoms with Crippen LogP contribution in [0.5, 0.6) is 0 Å². The van der Waals surface area contributed by atoms with Gasteiger partial charge in [0.25, 0.3) is 0 Å². The summed E-state index contributed by atoms with van der Waals surface area (Å²) in [6, 6.07) is 0. The van der Waals surface area contributed by atoms with Gasteiger partial charge in [0.05, 0.1) is 6.54 Å². The Kier molecular flexibility index (Phi) is 4.83. The Hall–Kier alpha value is -0.570. The molecule has 0 aromatic heterocycles.